The maximum Gasteiger partial charge on any atom is 0.262 e. The normalized spacial score (nSPS) is 13.1. The van der Waals surface area contributed by atoms with Gasteiger partial charge in [0.05, 0.1) is 16.9 Å². The third-order valence-corrected chi connectivity index (χ3v) is 5.14. The number of hydrogen-bond acceptors (Lipinski definition) is 4. The summed E-state index contributed by atoms with van der Waals surface area (Å²) in [6, 6.07) is 16.2. The molecule has 4 aromatic rings. The minimum absolute atomic E-state index is 0.0430. The number of nitrogens with one attached hydrogen (secondary N) is 1. The smallest absolute Gasteiger partial charge is 0.262 e. The zero-order chi connectivity index (χ0) is 20.1. The first kappa shape index (κ1) is 17.2. The molecule has 2 aromatic heterocycles. The number of anilines is 1. The van der Waals surface area contributed by atoms with Crippen LogP contribution >= 0.6 is 0 Å². The van der Waals surface area contributed by atoms with Crippen LogP contribution < -0.4 is 10.1 Å². The highest BCUT2D eigenvalue weighted by Crippen LogP contribution is 2.31. The summed E-state index contributed by atoms with van der Waals surface area (Å²) in [5.41, 5.74) is 2.47. The molecule has 3 heterocycles. The van der Waals surface area contributed by atoms with Crippen LogP contribution in [0.15, 0.2) is 60.8 Å². The fraction of sp³-hybridized carbons (Fsp3) is 0.0870. The molecule has 0 atom stereocenters. The molecule has 0 spiro atoms. The van der Waals surface area contributed by atoms with Crippen molar-refractivity contribution in [2.45, 2.75) is 6.92 Å². The summed E-state index contributed by atoms with van der Waals surface area (Å²) in [7, 11) is 0. The molecule has 1 aliphatic rings. The minimum Gasteiger partial charge on any atom is -0.482 e. The zero-order valence-electron chi connectivity index (χ0n) is 15.6. The summed E-state index contributed by atoms with van der Waals surface area (Å²) in [5, 5.41) is 4.62. The van der Waals surface area contributed by atoms with E-state index in [2.05, 4.69) is 5.32 Å². The van der Waals surface area contributed by atoms with Gasteiger partial charge < -0.3 is 14.5 Å². The molecule has 1 N–H and O–H groups in total. The number of carbonyl (C=O) groups excluding carboxylic acids is 3. The third kappa shape index (κ3) is 2.69. The standard InChI is InChI=1S/C23H16N2O4/c1-13(26)17-11-19(25-9-8-14-4-2-3-5-16(14)22(17)25)23(28)15-6-7-20-18(10-15)24-21(27)12-29-20/h2-11H,12H2,1H3,(H,24,27). The number of aromatic nitrogens is 1. The van der Waals surface area contributed by atoms with Crippen LogP contribution in [0.25, 0.3) is 16.3 Å². The lowest BCUT2D eigenvalue weighted by Crippen LogP contribution is -2.25. The van der Waals surface area contributed by atoms with Crippen LogP contribution in [0.4, 0.5) is 5.69 Å². The van der Waals surface area contributed by atoms with Crippen LogP contribution in [0, 0.1) is 0 Å². The number of pyridine rings is 1. The first-order valence-corrected chi connectivity index (χ1v) is 9.18. The summed E-state index contributed by atoms with van der Waals surface area (Å²) < 4.78 is 7.12. The van der Waals surface area contributed by atoms with Crippen molar-refractivity contribution in [3.8, 4) is 5.75 Å². The van der Waals surface area contributed by atoms with E-state index >= 15 is 0 Å². The number of nitrogens with zero attached hydrogens (tertiary/aromatic N) is 1. The second kappa shape index (κ2) is 6.31. The van der Waals surface area contributed by atoms with Crippen molar-refractivity contribution < 1.29 is 19.1 Å². The Morgan fingerprint density at radius 3 is 2.72 bits per heavy atom. The van der Waals surface area contributed by atoms with Gasteiger partial charge in [-0.25, -0.2) is 0 Å². The van der Waals surface area contributed by atoms with E-state index in [4.69, 9.17) is 4.74 Å². The monoisotopic (exact) mass is 384 g/mol. The first-order chi connectivity index (χ1) is 14.0. The molecule has 1 aliphatic heterocycles. The number of rotatable bonds is 3. The summed E-state index contributed by atoms with van der Waals surface area (Å²) in [6.07, 6.45) is 1.81. The Hall–Kier alpha value is -3.93. The van der Waals surface area contributed by atoms with Crippen LogP contribution in [-0.2, 0) is 4.79 Å². The van der Waals surface area contributed by atoms with Crippen LogP contribution in [0.2, 0.25) is 0 Å². The number of carbonyl (C=O) groups is 3. The average Bonchev–Trinajstić information content (AvgIpc) is 3.13. The molecule has 0 bridgehead atoms. The summed E-state index contributed by atoms with van der Waals surface area (Å²) in [6.45, 7) is 1.45. The van der Waals surface area contributed by atoms with Gasteiger partial charge in [0.1, 0.15) is 5.75 Å². The average molecular weight is 384 g/mol. The lowest BCUT2D eigenvalue weighted by Gasteiger charge is -2.18. The topological polar surface area (TPSA) is 76.9 Å². The van der Waals surface area contributed by atoms with E-state index < -0.39 is 0 Å². The lowest BCUT2D eigenvalue weighted by molar-refractivity contribution is -0.118. The predicted molar refractivity (Wildman–Crippen MR) is 109 cm³/mol. The highest BCUT2D eigenvalue weighted by molar-refractivity contribution is 6.16. The predicted octanol–water partition coefficient (Wildman–Crippen LogP) is 3.86. The van der Waals surface area contributed by atoms with Crippen molar-refractivity contribution in [1.82, 2.24) is 4.40 Å². The molecule has 6 nitrogen and oxygen atoms in total. The van der Waals surface area contributed by atoms with Crippen molar-refractivity contribution in [3.05, 3.63) is 77.6 Å². The van der Waals surface area contributed by atoms with Crippen molar-refractivity contribution in [1.29, 1.82) is 0 Å². The number of benzene rings is 2. The number of fused-ring (bicyclic) bond motifs is 4. The molecule has 142 valence electrons. The van der Waals surface area contributed by atoms with Crippen LogP contribution in [0.1, 0.15) is 33.3 Å². The van der Waals surface area contributed by atoms with E-state index in [0.717, 1.165) is 10.8 Å². The van der Waals surface area contributed by atoms with Crippen LogP contribution in [-0.4, -0.2) is 28.5 Å². The molecular weight excluding hydrogens is 368 g/mol. The molecule has 6 heteroatoms. The van der Waals surface area contributed by atoms with Crippen molar-refractivity contribution in [3.63, 3.8) is 0 Å². The summed E-state index contributed by atoms with van der Waals surface area (Å²) >= 11 is 0. The molecule has 29 heavy (non-hydrogen) atoms. The Morgan fingerprint density at radius 1 is 1.07 bits per heavy atom. The molecule has 0 aliphatic carbocycles. The molecule has 0 fully saturated rings. The van der Waals surface area contributed by atoms with Crippen LogP contribution in [0.5, 0.6) is 5.75 Å². The van der Waals surface area contributed by atoms with Gasteiger partial charge in [0.25, 0.3) is 5.91 Å². The maximum absolute atomic E-state index is 13.3. The van der Waals surface area contributed by atoms with Gasteiger partial charge in [-0.2, -0.15) is 0 Å². The van der Waals surface area contributed by atoms with Crippen molar-refractivity contribution >= 4 is 39.5 Å². The number of ether oxygens (including phenoxy) is 1. The second-order valence-corrected chi connectivity index (χ2v) is 7.00. The Bertz CT molecular complexity index is 1350. The third-order valence-electron chi connectivity index (χ3n) is 5.14. The number of ketones is 2. The van der Waals surface area contributed by atoms with Gasteiger partial charge in [0, 0.05) is 22.7 Å². The molecule has 0 saturated carbocycles. The fourth-order valence-corrected chi connectivity index (χ4v) is 3.78. The number of hydrogen-bond donors (Lipinski definition) is 1. The quantitative estimate of drug-likeness (QED) is 0.544. The molecule has 0 unspecified atom stereocenters. The van der Waals surface area contributed by atoms with Gasteiger partial charge >= 0.3 is 0 Å². The van der Waals surface area contributed by atoms with Crippen molar-refractivity contribution in [2.75, 3.05) is 11.9 Å². The van der Waals surface area contributed by atoms with E-state index in [9.17, 15) is 14.4 Å². The molecule has 1 amide bonds. The Balaban J connectivity index is 1.70. The fourth-order valence-electron chi connectivity index (χ4n) is 3.78. The molecule has 0 radical (unpaired) electrons. The minimum atomic E-state index is -0.263. The van der Waals surface area contributed by atoms with Gasteiger partial charge in [-0.15, -0.1) is 0 Å². The summed E-state index contributed by atoms with van der Waals surface area (Å²) in [5.74, 6) is -0.0911. The molecule has 0 saturated heterocycles. The zero-order valence-corrected chi connectivity index (χ0v) is 15.6. The highest BCUT2D eigenvalue weighted by Gasteiger charge is 2.23. The number of amides is 1. The largest absolute Gasteiger partial charge is 0.482 e. The summed E-state index contributed by atoms with van der Waals surface area (Å²) in [4.78, 5) is 37.2. The second-order valence-electron chi connectivity index (χ2n) is 7.00. The van der Waals surface area contributed by atoms with E-state index in [1.54, 1.807) is 34.9 Å². The van der Waals surface area contributed by atoms with Gasteiger partial charge in [-0.1, -0.05) is 24.3 Å². The first-order valence-electron chi connectivity index (χ1n) is 9.18. The van der Waals surface area contributed by atoms with Gasteiger partial charge in [0.2, 0.25) is 5.78 Å². The van der Waals surface area contributed by atoms with Gasteiger partial charge in [0.15, 0.2) is 12.4 Å². The van der Waals surface area contributed by atoms with E-state index in [-0.39, 0.29) is 24.1 Å². The Kier molecular flexibility index (Phi) is 3.74. The number of Topliss-reactive ketones (excluding diaryl/α,β-unsaturated/α-hetero) is 1. The molecule has 5 rings (SSSR count). The molecular formula is C23H16N2O4. The van der Waals surface area contributed by atoms with E-state index in [0.29, 0.717) is 33.8 Å². The van der Waals surface area contributed by atoms with E-state index in [1.165, 1.54) is 6.92 Å². The highest BCUT2D eigenvalue weighted by atomic mass is 16.5. The SMILES string of the molecule is CC(=O)c1cc(C(=O)c2ccc3c(c2)NC(=O)CO3)n2ccc3ccccc3c12. The Labute approximate surface area is 165 Å². The van der Waals surface area contributed by atoms with Gasteiger partial charge in [-0.05, 0) is 42.6 Å². The maximum atomic E-state index is 13.3. The van der Waals surface area contributed by atoms with Crippen LogP contribution in [0.3, 0.4) is 0 Å². The van der Waals surface area contributed by atoms with Crippen molar-refractivity contribution in [2.24, 2.45) is 0 Å². The van der Waals surface area contributed by atoms with Gasteiger partial charge in [-0.3, -0.25) is 14.4 Å². The molecule has 2 aromatic carbocycles. The van der Waals surface area contributed by atoms with E-state index in [1.807, 2.05) is 30.3 Å². The Morgan fingerprint density at radius 2 is 1.90 bits per heavy atom. The lowest BCUT2D eigenvalue weighted by atomic mass is 10.1.